The number of carbonyl (C=O) groups excluding carboxylic acids is 2. The lowest BCUT2D eigenvalue weighted by molar-refractivity contribution is -0.132. The van der Waals surface area contributed by atoms with Gasteiger partial charge >= 0.3 is 0 Å². The molecule has 1 amide bonds. The topological polar surface area (TPSA) is 70.5 Å². The minimum atomic E-state index is -0.812. The van der Waals surface area contributed by atoms with Crippen LogP contribution in [0.3, 0.4) is 0 Å². The molecule has 5 nitrogen and oxygen atoms in total. The molecule has 1 fully saturated rings. The summed E-state index contributed by atoms with van der Waals surface area (Å²) in [5.41, 5.74) is 4.74. The Morgan fingerprint density at radius 3 is 2.39 bits per heavy atom. The summed E-state index contributed by atoms with van der Waals surface area (Å²) in [6.07, 6.45) is 2.49. The zero-order chi connectivity index (χ0) is 22.1. The van der Waals surface area contributed by atoms with Crippen LogP contribution in [0, 0.1) is 13.8 Å². The molecule has 2 heterocycles. The summed E-state index contributed by atoms with van der Waals surface area (Å²) >= 11 is 0. The first-order valence-electron chi connectivity index (χ1n) is 10.3. The standard InChI is InChI=1S/C26H24N2O3/c1-4-18-9-11-19(12-10-18)24(29)22-23(20-7-5-6-14-27-20)28(26(31)25(22)30)21-13-8-16(2)15-17(21)3/h5-15,23,29H,4H2,1-3H3/b24-22+. The summed E-state index contributed by atoms with van der Waals surface area (Å²) in [6, 6.07) is 17.6. The monoisotopic (exact) mass is 412 g/mol. The summed E-state index contributed by atoms with van der Waals surface area (Å²) in [5, 5.41) is 11.1. The molecule has 0 saturated carbocycles. The van der Waals surface area contributed by atoms with Crippen LogP contribution in [0.5, 0.6) is 0 Å². The van der Waals surface area contributed by atoms with Crippen molar-refractivity contribution in [3.63, 3.8) is 0 Å². The van der Waals surface area contributed by atoms with Crippen LogP contribution in [-0.4, -0.2) is 21.8 Å². The highest BCUT2D eigenvalue weighted by Crippen LogP contribution is 2.42. The second-order valence-corrected chi connectivity index (χ2v) is 7.76. The molecule has 0 radical (unpaired) electrons. The summed E-state index contributed by atoms with van der Waals surface area (Å²) < 4.78 is 0. The molecular formula is C26H24N2O3. The molecule has 5 heteroatoms. The van der Waals surface area contributed by atoms with Gasteiger partial charge in [0.05, 0.1) is 11.3 Å². The Bertz CT molecular complexity index is 1180. The quantitative estimate of drug-likeness (QED) is 0.376. The van der Waals surface area contributed by atoms with Crippen LogP contribution in [0.25, 0.3) is 5.76 Å². The highest BCUT2D eigenvalue weighted by atomic mass is 16.3. The van der Waals surface area contributed by atoms with Gasteiger partial charge in [0, 0.05) is 17.4 Å². The van der Waals surface area contributed by atoms with E-state index >= 15 is 0 Å². The number of Topliss-reactive ketones (excluding diaryl/α,β-unsaturated/α-hetero) is 1. The molecule has 1 saturated heterocycles. The summed E-state index contributed by atoms with van der Waals surface area (Å²) in [7, 11) is 0. The van der Waals surface area contributed by atoms with E-state index in [1.807, 2.05) is 51.1 Å². The van der Waals surface area contributed by atoms with Gasteiger partial charge in [0.25, 0.3) is 11.7 Å². The number of rotatable bonds is 4. The number of ketones is 1. The highest BCUT2D eigenvalue weighted by Gasteiger charge is 2.47. The maximum absolute atomic E-state index is 13.2. The molecule has 1 atom stereocenters. The van der Waals surface area contributed by atoms with Crippen molar-refractivity contribution in [1.82, 2.24) is 4.98 Å². The fraction of sp³-hybridized carbons (Fsp3) is 0.192. The van der Waals surface area contributed by atoms with E-state index < -0.39 is 17.7 Å². The SMILES string of the molecule is CCc1ccc(/C(O)=C2\C(=O)C(=O)N(c3ccc(C)cc3C)C2c2ccccn2)cc1. The number of aliphatic hydroxyl groups excluding tert-OH is 1. The highest BCUT2D eigenvalue weighted by molar-refractivity contribution is 6.51. The van der Waals surface area contributed by atoms with Crippen molar-refractivity contribution < 1.29 is 14.7 Å². The van der Waals surface area contributed by atoms with Gasteiger partial charge in [-0.15, -0.1) is 0 Å². The van der Waals surface area contributed by atoms with Crippen LogP contribution < -0.4 is 4.90 Å². The average molecular weight is 412 g/mol. The molecule has 156 valence electrons. The molecule has 4 rings (SSSR count). The Hall–Kier alpha value is -3.73. The predicted molar refractivity (Wildman–Crippen MR) is 121 cm³/mol. The lowest BCUT2D eigenvalue weighted by Crippen LogP contribution is -2.30. The van der Waals surface area contributed by atoms with E-state index in [9.17, 15) is 14.7 Å². The minimum Gasteiger partial charge on any atom is -0.507 e. The van der Waals surface area contributed by atoms with Crippen LogP contribution in [0.2, 0.25) is 0 Å². The van der Waals surface area contributed by atoms with Crippen LogP contribution in [0.15, 0.2) is 72.4 Å². The number of aromatic nitrogens is 1. The van der Waals surface area contributed by atoms with E-state index in [2.05, 4.69) is 4.98 Å². The molecule has 1 unspecified atom stereocenters. The van der Waals surface area contributed by atoms with E-state index in [-0.39, 0.29) is 11.3 Å². The molecule has 2 aromatic carbocycles. The Kier molecular flexibility index (Phi) is 5.42. The molecule has 1 aliphatic rings. The van der Waals surface area contributed by atoms with Crippen LogP contribution >= 0.6 is 0 Å². The Labute approximate surface area is 181 Å². The number of amides is 1. The van der Waals surface area contributed by atoms with E-state index in [0.717, 1.165) is 23.1 Å². The molecule has 0 spiro atoms. The number of aryl methyl sites for hydroxylation is 3. The third-order valence-electron chi connectivity index (χ3n) is 5.66. The fourth-order valence-electron chi connectivity index (χ4n) is 4.03. The first-order chi connectivity index (χ1) is 14.9. The summed E-state index contributed by atoms with van der Waals surface area (Å²) in [4.78, 5) is 32.2. The molecule has 1 N–H and O–H groups in total. The lowest BCUT2D eigenvalue weighted by atomic mass is 9.97. The van der Waals surface area contributed by atoms with Crippen molar-refractivity contribution in [2.75, 3.05) is 4.90 Å². The number of hydrogen-bond acceptors (Lipinski definition) is 4. The number of carbonyl (C=O) groups is 2. The van der Waals surface area contributed by atoms with E-state index in [1.165, 1.54) is 4.90 Å². The van der Waals surface area contributed by atoms with Gasteiger partial charge < -0.3 is 5.11 Å². The number of aliphatic hydroxyl groups is 1. The first-order valence-corrected chi connectivity index (χ1v) is 10.3. The van der Waals surface area contributed by atoms with Gasteiger partial charge in [0.1, 0.15) is 11.8 Å². The zero-order valence-corrected chi connectivity index (χ0v) is 17.8. The van der Waals surface area contributed by atoms with Crippen LogP contribution in [-0.2, 0) is 16.0 Å². The van der Waals surface area contributed by atoms with Gasteiger partial charge in [-0.2, -0.15) is 0 Å². The Balaban J connectivity index is 1.93. The van der Waals surface area contributed by atoms with E-state index in [4.69, 9.17) is 0 Å². The normalized spacial score (nSPS) is 17.9. The van der Waals surface area contributed by atoms with Crippen molar-refractivity contribution in [1.29, 1.82) is 0 Å². The van der Waals surface area contributed by atoms with E-state index in [1.54, 1.807) is 36.5 Å². The zero-order valence-electron chi connectivity index (χ0n) is 17.8. The first kappa shape index (κ1) is 20.5. The Morgan fingerprint density at radius 1 is 1.03 bits per heavy atom. The van der Waals surface area contributed by atoms with Gasteiger partial charge in [0.15, 0.2) is 0 Å². The maximum atomic E-state index is 13.2. The van der Waals surface area contributed by atoms with Gasteiger partial charge in [-0.05, 0) is 49.6 Å². The van der Waals surface area contributed by atoms with Gasteiger partial charge in [-0.1, -0.05) is 55.0 Å². The second kappa shape index (κ2) is 8.19. The van der Waals surface area contributed by atoms with Gasteiger partial charge in [0.2, 0.25) is 0 Å². The summed E-state index contributed by atoms with van der Waals surface area (Å²) in [6.45, 7) is 5.92. The van der Waals surface area contributed by atoms with Crippen molar-refractivity contribution >= 4 is 23.1 Å². The average Bonchev–Trinajstić information content (AvgIpc) is 3.04. The smallest absolute Gasteiger partial charge is 0.300 e. The molecule has 1 aliphatic heterocycles. The number of nitrogens with zero attached hydrogens (tertiary/aromatic N) is 2. The maximum Gasteiger partial charge on any atom is 0.300 e. The molecule has 1 aromatic heterocycles. The number of anilines is 1. The lowest BCUT2D eigenvalue weighted by Gasteiger charge is -2.26. The van der Waals surface area contributed by atoms with E-state index in [0.29, 0.717) is 16.9 Å². The third kappa shape index (κ3) is 3.63. The molecule has 0 bridgehead atoms. The number of hydrogen-bond donors (Lipinski definition) is 1. The second-order valence-electron chi connectivity index (χ2n) is 7.76. The number of benzene rings is 2. The van der Waals surface area contributed by atoms with Gasteiger partial charge in [-0.3, -0.25) is 19.5 Å². The van der Waals surface area contributed by atoms with Crippen molar-refractivity contribution in [2.45, 2.75) is 33.2 Å². The van der Waals surface area contributed by atoms with Crippen molar-refractivity contribution in [3.8, 4) is 0 Å². The molecule has 0 aliphatic carbocycles. The number of pyridine rings is 1. The predicted octanol–water partition coefficient (Wildman–Crippen LogP) is 4.89. The Morgan fingerprint density at radius 2 is 1.77 bits per heavy atom. The van der Waals surface area contributed by atoms with Crippen molar-refractivity contribution in [2.24, 2.45) is 0 Å². The third-order valence-corrected chi connectivity index (χ3v) is 5.66. The van der Waals surface area contributed by atoms with Gasteiger partial charge in [-0.25, -0.2) is 0 Å². The van der Waals surface area contributed by atoms with Crippen molar-refractivity contribution in [3.05, 3.63) is 100 Å². The minimum absolute atomic E-state index is 0.0490. The van der Waals surface area contributed by atoms with Crippen LogP contribution in [0.1, 0.15) is 40.9 Å². The van der Waals surface area contributed by atoms with Crippen LogP contribution in [0.4, 0.5) is 5.69 Å². The summed E-state index contributed by atoms with van der Waals surface area (Å²) in [5.74, 6) is -1.58. The molecular weight excluding hydrogens is 388 g/mol. The largest absolute Gasteiger partial charge is 0.507 e. The molecule has 31 heavy (non-hydrogen) atoms. The fourth-order valence-corrected chi connectivity index (χ4v) is 4.03. The molecule has 3 aromatic rings.